The predicted octanol–water partition coefficient (Wildman–Crippen LogP) is 5.48. The molecule has 1 aromatic rings. The zero-order chi connectivity index (χ0) is 14.2. The fraction of sp³-hybridized carbons (Fsp3) is 0.556. The molecule has 0 bridgehead atoms. The van der Waals surface area contributed by atoms with Crippen LogP contribution in [0, 0.1) is 0 Å². The lowest BCUT2D eigenvalue weighted by Gasteiger charge is -2.24. The summed E-state index contributed by atoms with van der Waals surface area (Å²) in [6.45, 7) is 0.314. The van der Waals surface area contributed by atoms with Crippen molar-refractivity contribution in [3.05, 3.63) is 46.5 Å². The summed E-state index contributed by atoms with van der Waals surface area (Å²) in [5.41, 5.74) is 3.01. The zero-order valence-corrected chi connectivity index (χ0v) is 12.9. The molecule has 1 nitrogen and oxygen atoms in total. The highest BCUT2D eigenvalue weighted by molar-refractivity contribution is 6.30. The Balaban J connectivity index is 2.06. The SMILES string of the molecule is OCCCCCC(C1=CCCCC1)c1ccc(Cl)cc1. The molecule has 0 amide bonds. The van der Waals surface area contributed by atoms with Gasteiger partial charge in [0.1, 0.15) is 0 Å². The second-order valence-corrected chi connectivity index (χ2v) is 6.14. The van der Waals surface area contributed by atoms with Crippen molar-refractivity contribution >= 4 is 11.6 Å². The van der Waals surface area contributed by atoms with Crippen molar-refractivity contribution in [2.75, 3.05) is 6.61 Å². The Morgan fingerprint density at radius 2 is 1.85 bits per heavy atom. The van der Waals surface area contributed by atoms with Crippen LogP contribution < -0.4 is 0 Å². The number of hydrogen-bond acceptors (Lipinski definition) is 1. The molecule has 0 spiro atoms. The first-order chi connectivity index (χ1) is 9.81. The molecule has 0 heterocycles. The van der Waals surface area contributed by atoms with Crippen LogP contribution in [-0.4, -0.2) is 11.7 Å². The van der Waals surface area contributed by atoms with E-state index in [-0.39, 0.29) is 0 Å². The number of benzene rings is 1. The Morgan fingerprint density at radius 3 is 2.50 bits per heavy atom. The van der Waals surface area contributed by atoms with Crippen LogP contribution in [0.3, 0.4) is 0 Å². The molecular weight excluding hydrogens is 268 g/mol. The minimum Gasteiger partial charge on any atom is -0.396 e. The minimum atomic E-state index is 0.314. The largest absolute Gasteiger partial charge is 0.396 e. The van der Waals surface area contributed by atoms with Gasteiger partial charge in [-0.25, -0.2) is 0 Å². The van der Waals surface area contributed by atoms with E-state index in [4.69, 9.17) is 16.7 Å². The monoisotopic (exact) mass is 292 g/mol. The van der Waals surface area contributed by atoms with Gasteiger partial charge in [0.15, 0.2) is 0 Å². The van der Waals surface area contributed by atoms with E-state index in [1.54, 1.807) is 5.57 Å². The smallest absolute Gasteiger partial charge is 0.0431 e. The van der Waals surface area contributed by atoms with Crippen molar-refractivity contribution < 1.29 is 5.11 Å². The molecule has 0 saturated heterocycles. The van der Waals surface area contributed by atoms with Gasteiger partial charge in [0.05, 0.1) is 0 Å². The fourth-order valence-corrected chi connectivity index (χ4v) is 3.20. The molecule has 20 heavy (non-hydrogen) atoms. The molecule has 0 saturated carbocycles. The van der Waals surface area contributed by atoms with E-state index in [0.717, 1.165) is 17.9 Å². The Morgan fingerprint density at radius 1 is 1.05 bits per heavy atom. The van der Waals surface area contributed by atoms with Crippen LogP contribution in [0.25, 0.3) is 0 Å². The quantitative estimate of drug-likeness (QED) is 0.521. The summed E-state index contributed by atoms with van der Waals surface area (Å²) < 4.78 is 0. The van der Waals surface area contributed by atoms with Gasteiger partial charge in [0, 0.05) is 17.5 Å². The lowest BCUT2D eigenvalue weighted by Crippen LogP contribution is -2.06. The third-order valence-corrected chi connectivity index (χ3v) is 4.45. The van der Waals surface area contributed by atoms with Crippen molar-refractivity contribution in [3.8, 4) is 0 Å². The highest BCUT2D eigenvalue weighted by Gasteiger charge is 2.17. The van der Waals surface area contributed by atoms with E-state index >= 15 is 0 Å². The maximum absolute atomic E-state index is 8.90. The van der Waals surface area contributed by atoms with E-state index in [9.17, 15) is 0 Å². The first-order valence-electron chi connectivity index (χ1n) is 7.86. The molecule has 1 aliphatic rings. The van der Waals surface area contributed by atoms with Gasteiger partial charge < -0.3 is 5.11 Å². The normalized spacial score (nSPS) is 16.8. The van der Waals surface area contributed by atoms with E-state index in [1.165, 1.54) is 44.1 Å². The molecule has 2 heteroatoms. The van der Waals surface area contributed by atoms with Crippen molar-refractivity contribution in [1.29, 1.82) is 0 Å². The second-order valence-electron chi connectivity index (χ2n) is 5.70. The third kappa shape index (κ3) is 4.64. The Bertz CT molecular complexity index is 422. The summed E-state index contributed by atoms with van der Waals surface area (Å²) in [6.07, 6.45) is 12.0. The number of rotatable bonds is 7. The van der Waals surface area contributed by atoms with Gasteiger partial charge in [0.2, 0.25) is 0 Å². The Kier molecular flexibility index (Phi) is 6.62. The van der Waals surface area contributed by atoms with E-state index < -0.39 is 0 Å². The van der Waals surface area contributed by atoms with Gasteiger partial charge in [-0.15, -0.1) is 0 Å². The second kappa shape index (κ2) is 8.49. The van der Waals surface area contributed by atoms with Crippen LogP contribution in [0.2, 0.25) is 5.02 Å². The highest BCUT2D eigenvalue weighted by Crippen LogP contribution is 2.35. The van der Waals surface area contributed by atoms with Crippen LogP contribution in [0.5, 0.6) is 0 Å². The molecule has 1 unspecified atom stereocenters. The molecule has 0 fully saturated rings. The third-order valence-electron chi connectivity index (χ3n) is 4.20. The van der Waals surface area contributed by atoms with Crippen LogP contribution in [-0.2, 0) is 0 Å². The van der Waals surface area contributed by atoms with Crippen molar-refractivity contribution in [1.82, 2.24) is 0 Å². The number of halogens is 1. The summed E-state index contributed by atoms with van der Waals surface area (Å²) in [5.74, 6) is 0.547. The summed E-state index contributed by atoms with van der Waals surface area (Å²) in [4.78, 5) is 0. The maximum atomic E-state index is 8.90. The number of unbranched alkanes of at least 4 members (excludes halogenated alkanes) is 2. The lowest BCUT2D eigenvalue weighted by molar-refractivity contribution is 0.282. The molecule has 1 N–H and O–H groups in total. The Labute approximate surface area is 127 Å². The molecule has 0 aliphatic heterocycles. The van der Waals surface area contributed by atoms with E-state index in [1.807, 2.05) is 12.1 Å². The topological polar surface area (TPSA) is 20.2 Å². The number of hydrogen-bond donors (Lipinski definition) is 1. The summed E-state index contributed by atoms with van der Waals surface area (Å²) in [6, 6.07) is 8.35. The van der Waals surface area contributed by atoms with Crippen LogP contribution in [0.15, 0.2) is 35.9 Å². The van der Waals surface area contributed by atoms with Gasteiger partial charge in [-0.05, 0) is 56.2 Å². The first-order valence-corrected chi connectivity index (χ1v) is 8.24. The van der Waals surface area contributed by atoms with E-state index in [0.29, 0.717) is 12.5 Å². The van der Waals surface area contributed by atoms with Gasteiger partial charge in [-0.2, -0.15) is 0 Å². The molecule has 1 atom stereocenters. The van der Waals surface area contributed by atoms with Gasteiger partial charge in [-0.1, -0.05) is 48.2 Å². The average Bonchev–Trinajstić information content (AvgIpc) is 2.50. The minimum absolute atomic E-state index is 0.314. The summed E-state index contributed by atoms with van der Waals surface area (Å²) in [7, 11) is 0. The van der Waals surface area contributed by atoms with Crippen molar-refractivity contribution in [2.24, 2.45) is 0 Å². The van der Waals surface area contributed by atoms with Crippen LogP contribution in [0.1, 0.15) is 62.8 Å². The fourth-order valence-electron chi connectivity index (χ4n) is 3.08. The molecule has 1 aliphatic carbocycles. The van der Waals surface area contributed by atoms with Crippen LogP contribution in [0.4, 0.5) is 0 Å². The molecule has 2 rings (SSSR count). The summed E-state index contributed by atoms with van der Waals surface area (Å²) >= 11 is 6.01. The first kappa shape index (κ1) is 15.6. The van der Waals surface area contributed by atoms with E-state index in [2.05, 4.69) is 18.2 Å². The van der Waals surface area contributed by atoms with Gasteiger partial charge in [-0.3, -0.25) is 0 Å². The summed E-state index contributed by atoms with van der Waals surface area (Å²) in [5, 5.41) is 9.71. The number of aliphatic hydroxyl groups is 1. The number of aliphatic hydroxyl groups excluding tert-OH is 1. The molecular formula is C18H25ClO. The standard InChI is InChI=1S/C18H25ClO/c19-17-12-10-16(11-13-17)18(9-5-2-6-14-20)15-7-3-1-4-8-15/h7,10-13,18,20H,1-6,8-9,14H2. The molecule has 0 radical (unpaired) electrons. The molecule has 0 aromatic heterocycles. The maximum Gasteiger partial charge on any atom is 0.0431 e. The number of allylic oxidation sites excluding steroid dienone is 2. The molecule has 110 valence electrons. The molecule has 1 aromatic carbocycles. The van der Waals surface area contributed by atoms with Gasteiger partial charge in [0.25, 0.3) is 0 Å². The van der Waals surface area contributed by atoms with Crippen LogP contribution >= 0.6 is 11.6 Å². The van der Waals surface area contributed by atoms with Crippen molar-refractivity contribution in [3.63, 3.8) is 0 Å². The Hall–Kier alpha value is -0.790. The van der Waals surface area contributed by atoms with Gasteiger partial charge >= 0.3 is 0 Å². The average molecular weight is 293 g/mol. The highest BCUT2D eigenvalue weighted by atomic mass is 35.5. The predicted molar refractivity (Wildman–Crippen MR) is 86.3 cm³/mol. The lowest BCUT2D eigenvalue weighted by atomic mass is 9.81. The van der Waals surface area contributed by atoms with Crippen molar-refractivity contribution in [2.45, 2.75) is 57.3 Å². The zero-order valence-electron chi connectivity index (χ0n) is 12.2.